The number of rotatable bonds is 7. The van der Waals surface area contributed by atoms with E-state index in [1.165, 1.54) is 7.11 Å². The van der Waals surface area contributed by atoms with Gasteiger partial charge in [-0.1, -0.05) is 12.1 Å². The molecule has 2 N–H and O–H groups in total. The molecule has 0 atom stereocenters. The first-order valence-electron chi connectivity index (χ1n) is 9.86. The predicted molar refractivity (Wildman–Crippen MR) is 126 cm³/mol. The molecule has 2 aromatic rings. The minimum Gasteiger partial charge on any atom is -0.504 e. The number of thioether (sulfide) groups is 1. The minimum atomic E-state index is -0.548. The summed E-state index contributed by atoms with van der Waals surface area (Å²) in [4.78, 5) is 38.7. The van der Waals surface area contributed by atoms with Gasteiger partial charge in [-0.15, -0.1) is 6.58 Å². The Kier molecular flexibility index (Phi) is 7.05. The maximum Gasteiger partial charge on any atom is 0.294 e. The zero-order chi connectivity index (χ0) is 23.4. The number of nitrogens with zero attached hydrogens (tertiary/aromatic N) is 1. The highest BCUT2D eigenvalue weighted by Gasteiger charge is 2.36. The smallest absolute Gasteiger partial charge is 0.294 e. The van der Waals surface area contributed by atoms with Crippen molar-refractivity contribution < 1.29 is 24.2 Å². The van der Waals surface area contributed by atoms with E-state index in [0.29, 0.717) is 23.2 Å². The van der Waals surface area contributed by atoms with E-state index in [1.54, 1.807) is 24.3 Å². The summed E-state index contributed by atoms with van der Waals surface area (Å²) in [6.45, 7) is 7.13. The van der Waals surface area contributed by atoms with Crippen LogP contribution in [0.4, 0.5) is 10.5 Å². The van der Waals surface area contributed by atoms with Crippen molar-refractivity contribution in [1.82, 2.24) is 4.90 Å². The van der Waals surface area contributed by atoms with Crippen LogP contribution in [0.3, 0.4) is 0 Å². The van der Waals surface area contributed by atoms with E-state index >= 15 is 0 Å². The summed E-state index contributed by atoms with van der Waals surface area (Å²) in [5.74, 6) is -0.755. The van der Waals surface area contributed by atoms with Gasteiger partial charge in [0.2, 0.25) is 5.91 Å². The van der Waals surface area contributed by atoms with Crippen LogP contribution in [0.2, 0.25) is 0 Å². The van der Waals surface area contributed by atoms with Gasteiger partial charge in [0.25, 0.3) is 11.1 Å². The third-order valence-electron chi connectivity index (χ3n) is 4.74. The number of phenolic OH excluding ortho intramolecular Hbond substituents is 1. The molecule has 1 fully saturated rings. The van der Waals surface area contributed by atoms with Gasteiger partial charge in [0.15, 0.2) is 11.5 Å². The van der Waals surface area contributed by atoms with Crippen molar-refractivity contribution in [1.29, 1.82) is 0 Å². The van der Waals surface area contributed by atoms with Gasteiger partial charge >= 0.3 is 0 Å². The van der Waals surface area contributed by atoms with E-state index in [0.717, 1.165) is 27.8 Å². The first kappa shape index (κ1) is 23.1. The largest absolute Gasteiger partial charge is 0.504 e. The number of benzene rings is 2. The Labute approximate surface area is 190 Å². The van der Waals surface area contributed by atoms with Gasteiger partial charge in [-0.05, 0) is 79.1 Å². The molecule has 0 unspecified atom stereocenters. The molecule has 1 heterocycles. The van der Waals surface area contributed by atoms with Gasteiger partial charge in [0.1, 0.15) is 6.54 Å². The molecular formula is C24H24N2O5S. The molecule has 0 saturated carbocycles. The van der Waals surface area contributed by atoms with Gasteiger partial charge in [0.05, 0.1) is 12.0 Å². The van der Waals surface area contributed by atoms with E-state index in [9.17, 15) is 19.5 Å². The first-order valence-corrected chi connectivity index (χ1v) is 10.7. The number of aryl methyl sites for hydroxylation is 2. The van der Waals surface area contributed by atoms with Gasteiger partial charge in [-0.25, -0.2) is 0 Å². The normalized spacial score (nSPS) is 14.7. The summed E-state index contributed by atoms with van der Waals surface area (Å²) in [7, 11) is 1.43. The molecule has 0 spiro atoms. The lowest BCUT2D eigenvalue weighted by Gasteiger charge is -2.13. The number of amides is 3. The van der Waals surface area contributed by atoms with Crippen molar-refractivity contribution in [3.8, 4) is 11.5 Å². The molecule has 3 rings (SSSR count). The average molecular weight is 453 g/mol. The number of hydrogen-bond donors (Lipinski definition) is 2. The highest BCUT2D eigenvalue weighted by Crippen LogP contribution is 2.36. The van der Waals surface area contributed by atoms with E-state index in [1.807, 2.05) is 32.0 Å². The Morgan fingerprint density at radius 1 is 1.19 bits per heavy atom. The number of anilines is 1. The van der Waals surface area contributed by atoms with Crippen molar-refractivity contribution in [3.63, 3.8) is 0 Å². The molecule has 8 heteroatoms. The predicted octanol–water partition coefficient (Wildman–Crippen LogP) is 4.42. The Bertz CT molecular complexity index is 1120. The maximum atomic E-state index is 12.8. The number of carbonyl (C=O) groups is 3. The molecule has 0 aliphatic carbocycles. The third-order valence-corrected chi connectivity index (χ3v) is 5.65. The summed E-state index contributed by atoms with van der Waals surface area (Å²) in [5.41, 5.74) is 3.77. The maximum absolute atomic E-state index is 12.8. The second-order valence-corrected chi connectivity index (χ2v) is 8.41. The topological polar surface area (TPSA) is 95.9 Å². The number of carbonyl (C=O) groups excluding carboxylic acids is 3. The van der Waals surface area contributed by atoms with E-state index in [-0.39, 0.29) is 22.9 Å². The van der Waals surface area contributed by atoms with Crippen LogP contribution in [0.25, 0.3) is 6.08 Å². The fraction of sp³-hybridized carbons (Fsp3) is 0.208. The van der Waals surface area contributed by atoms with Crippen LogP contribution in [-0.4, -0.2) is 40.7 Å². The van der Waals surface area contributed by atoms with Crippen molar-refractivity contribution >= 4 is 40.6 Å². The Morgan fingerprint density at radius 3 is 2.50 bits per heavy atom. The molecule has 166 valence electrons. The zero-order valence-corrected chi connectivity index (χ0v) is 18.9. The Morgan fingerprint density at radius 2 is 1.88 bits per heavy atom. The molecule has 0 bridgehead atoms. The molecule has 0 radical (unpaired) electrons. The number of aromatic hydroxyl groups is 1. The van der Waals surface area contributed by atoms with Crippen LogP contribution < -0.4 is 10.1 Å². The van der Waals surface area contributed by atoms with Gasteiger partial charge < -0.3 is 15.2 Å². The van der Waals surface area contributed by atoms with Crippen LogP contribution in [0, 0.1) is 13.8 Å². The summed E-state index contributed by atoms with van der Waals surface area (Å²) in [5, 5.41) is 12.4. The lowest BCUT2D eigenvalue weighted by atomic mass is 10.1. The lowest BCUT2D eigenvalue weighted by Crippen LogP contribution is -2.36. The summed E-state index contributed by atoms with van der Waals surface area (Å²) < 4.78 is 5.20. The molecule has 2 aromatic carbocycles. The fourth-order valence-corrected chi connectivity index (χ4v) is 4.26. The SMILES string of the molecule is C=CCc1cc(/C=C2\SC(=O)N(CC(=O)Nc3cc(C)cc(C)c3)C2=O)cc(OC)c1O. The van der Waals surface area contributed by atoms with Crippen molar-refractivity contribution in [2.24, 2.45) is 0 Å². The minimum absolute atomic E-state index is 0.000658. The fourth-order valence-electron chi connectivity index (χ4n) is 3.42. The highest BCUT2D eigenvalue weighted by atomic mass is 32.2. The Hall–Kier alpha value is -3.52. The quantitative estimate of drug-likeness (QED) is 0.477. The number of methoxy groups -OCH3 is 1. The van der Waals surface area contributed by atoms with E-state index in [2.05, 4.69) is 11.9 Å². The molecule has 7 nitrogen and oxygen atoms in total. The number of hydrogen-bond acceptors (Lipinski definition) is 6. The molecule has 32 heavy (non-hydrogen) atoms. The number of ether oxygens (including phenoxy) is 1. The number of nitrogens with one attached hydrogen (secondary N) is 1. The van der Waals surface area contributed by atoms with Crippen molar-refractivity contribution in [2.75, 3.05) is 19.0 Å². The monoisotopic (exact) mass is 452 g/mol. The molecule has 3 amide bonds. The second-order valence-electron chi connectivity index (χ2n) is 7.42. The van der Waals surface area contributed by atoms with Gasteiger partial charge in [-0.2, -0.15) is 0 Å². The molecule has 1 aliphatic heterocycles. The third kappa shape index (κ3) is 5.20. The Balaban J connectivity index is 1.78. The van der Waals surface area contributed by atoms with Gasteiger partial charge in [-0.3, -0.25) is 19.3 Å². The van der Waals surface area contributed by atoms with Crippen molar-refractivity contribution in [2.45, 2.75) is 20.3 Å². The second kappa shape index (κ2) is 9.74. The molecule has 0 aromatic heterocycles. The van der Waals surface area contributed by atoms with E-state index < -0.39 is 17.1 Å². The average Bonchev–Trinajstić information content (AvgIpc) is 2.97. The summed E-state index contributed by atoms with van der Waals surface area (Å²) in [6, 6.07) is 8.88. The van der Waals surface area contributed by atoms with Crippen LogP contribution in [-0.2, 0) is 16.0 Å². The van der Waals surface area contributed by atoms with Crippen LogP contribution >= 0.6 is 11.8 Å². The summed E-state index contributed by atoms with van der Waals surface area (Å²) >= 11 is 0.762. The molecular weight excluding hydrogens is 428 g/mol. The first-order chi connectivity index (χ1) is 15.2. The van der Waals surface area contributed by atoms with Crippen LogP contribution in [0.15, 0.2) is 47.9 Å². The lowest BCUT2D eigenvalue weighted by molar-refractivity contribution is -0.127. The van der Waals surface area contributed by atoms with Crippen LogP contribution in [0.1, 0.15) is 22.3 Å². The van der Waals surface area contributed by atoms with Crippen LogP contribution in [0.5, 0.6) is 11.5 Å². The zero-order valence-electron chi connectivity index (χ0n) is 18.1. The molecule has 1 aliphatic rings. The highest BCUT2D eigenvalue weighted by molar-refractivity contribution is 8.18. The van der Waals surface area contributed by atoms with Crippen molar-refractivity contribution in [3.05, 3.63) is 70.1 Å². The van der Waals surface area contributed by atoms with Gasteiger partial charge in [0, 0.05) is 11.3 Å². The number of imide groups is 1. The number of allylic oxidation sites excluding steroid dienone is 1. The molecule has 1 saturated heterocycles. The number of phenols is 1. The van der Waals surface area contributed by atoms with E-state index in [4.69, 9.17) is 4.74 Å². The standard InChI is InChI=1S/C24H24N2O5S/c1-5-6-17-10-16(11-19(31-4)22(17)28)12-20-23(29)26(24(30)32-20)13-21(27)25-18-8-14(2)7-15(3)9-18/h5,7-12,28H,1,6,13H2,2-4H3,(H,25,27)/b20-12-. The summed E-state index contributed by atoms with van der Waals surface area (Å²) in [6.07, 6.45) is 3.59.